The highest BCUT2D eigenvalue weighted by Gasteiger charge is 2.77. The van der Waals surface area contributed by atoms with Crippen LogP contribution in [-0.4, -0.2) is 107 Å². The summed E-state index contributed by atoms with van der Waals surface area (Å²) in [6, 6.07) is 7.35. The summed E-state index contributed by atoms with van der Waals surface area (Å²) in [5.74, 6) is -3.57. The second-order valence-electron chi connectivity index (χ2n) is 13.2. The molecule has 262 valence electrons. The number of hydrogen-bond acceptors (Lipinski definition) is 8. The van der Waals surface area contributed by atoms with Gasteiger partial charge in [-0.3, -0.25) is 19.2 Å². The molecule has 1 unspecified atom stereocenters. The van der Waals surface area contributed by atoms with Crippen LogP contribution in [0.4, 0.5) is 0 Å². The molecule has 8 atom stereocenters. The van der Waals surface area contributed by atoms with Crippen LogP contribution in [0.15, 0.2) is 55.6 Å². The van der Waals surface area contributed by atoms with Gasteiger partial charge in [0.15, 0.2) is 0 Å². The van der Waals surface area contributed by atoms with E-state index >= 15 is 0 Å². The molecular formula is C36H48BrN3O8. The predicted octanol–water partition coefficient (Wildman–Crippen LogP) is 3.46. The molecule has 3 heterocycles. The highest BCUT2D eigenvalue weighted by Crippen LogP contribution is 2.60. The maximum atomic E-state index is 14.6. The number of alkyl halides is 1. The lowest BCUT2D eigenvalue weighted by atomic mass is 9.70. The summed E-state index contributed by atoms with van der Waals surface area (Å²) in [5, 5.41) is 13.0. The molecule has 11 nitrogen and oxygen atoms in total. The van der Waals surface area contributed by atoms with Crippen LogP contribution >= 0.6 is 15.9 Å². The molecule has 48 heavy (non-hydrogen) atoms. The van der Waals surface area contributed by atoms with Crippen LogP contribution in [-0.2, 0) is 33.4 Å². The molecule has 0 radical (unpaired) electrons. The second-order valence-corrected chi connectivity index (χ2v) is 14.4. The van der Waals surface area contributed by atoms with Gasteiger partial charge in [0.2, 0.25) is 17.7 Å². The third kappa shape index (κ3) is 6.99. The van der Waals surface area contributed by atoms with E-state index in [2.05, 4.69) is 34.4 Å². The Morgan fingerprint density at radius 3 is 2.56 bits per heavy atom. The molecule has 2 N–H and O–H groups in total. The number of carbonyl (C=O) groups excluding carboxylic acids is 4. The van der Waals surface area contributed by atoms with Gasteiger partial charge in [0, 0.05) is 37.5 Å². The number of aliphatic hydroxyl groups excluding tert-OH is 1. The van der Waals surface area contributed by atoms with Crippen molar-refractivity contribution < 1.29 is 38.5 Å². The van der Waals surface area contributed by atoms with Crippen LogP contribution in [0, 0.1) is 11.8 Å². The van der Waals surface area contributed by atoms with Gasteiger partial charge in [0.05, 0.1) is 37.2 Å². The van der Waals surface area contributed by atoms with Crippen molar-refractivity contribution in [1.82, 2.24) is 15.1 Å². The summed E-state index contributed by atoms with van der Waals surface area (Å²) in [6.45, 7) is 7.55. The summed E-state index contributed by atoms with van der Waals surface area (Å²) in [4.78, 5) is 59.1. The molecule has 12 heteroatoms. The zero-order valence-electron chi connectivity index (χ0n) is 27.6. The molecule has 1 saturated carbocycles. The largest absolute Gasteiger partial charge is 0.455 e. The first-order valence-electron chi connectivity index (χ1n) is 17.0. The quantitative estimate of drug-likeness (QED) is 0.150. The van der Waals surface area contributed by atoms with Gasteiger partial charge in [-0.1, -0.05) is 77.7 Å². The molecule has 1 aliphatic carbocycles. The molecule has 3 amide bonds. The van der Waals surface area contributed by atoms with Gasteiger partial charge < -0.3 is 34.4 Å². The minimum absolute atomic E-state index is 0.0101. The van der Waals surface area contributed by atoms with E-state index in [0.29, 0.717) is 24.9 Å². The fourth-order valence-corrected chi connectivity index (χ4v) is 9.20. The van der Waals surface area contributed by atoms with Gasteiger partial charge >= 0.3 is 5.97 Å². The van der Waals surface area contributed by atoms with E-state index in [4.69, 9.17) is 14.2 Å². The van der Waals surface area contributed by atoms with Crippen LogP contribution in [0.5, 0.6) is 0 Å². The number of aliphatic hydroxyl groups is 1. The minimum atomic E-state index is -1.28. The zero-order valence-corrected chi connectivity index (χ0v) is 29.2. The number of esters is 1. The molecule has 1 aromatic rings. The molecule has 3 aliphatic heterocycles. The number of nitrogens with one attached hydrogen (secondary N) is 1. The van der Waals surface area contributed by atoms with Crippen molar-refractivity contribution >= 4 is 39.6 Å². The number of ether oxygens (including phenoxy) is 3. The Hall–Kier alpha value is -3.06. The Labute approximate surface area is 291 Å². The normalized spacial score (nSPS) is 29.2. The summed E-state index contributed by atoms with van der Waals surface area (Å²) in [7, 11) is 1.50. The third-order valence-electron chi connectivity index (χ3n) is 10.3. The highest BCUT2D eigenvalue weighted by molar-refractivity contribution is 9.09. The molecular weight excluding hydrogens is 682 g/mol. The van der Waals surface area contributed by atoms with E-state index in [0.717, 1.165) is 32.1 Å². The van der Waals surface area contributed by atoms with Gasteiger partial charge in [-0.2, -0.15) is 0 Å². The third-order valence-corrected chi connectivity index (χ3v) is 11.1. The fourth-order valence-electron chi connectivity index (χ4n) is 8.26. The number of carbonyl (C=O) groups is 4. The molecule has 4 fully saturated rings. The number of benzene rings is 1. The Kier molecular flexibility index (Phi) is 12.2. The first-order chi connectivity index (χ1) is 23.2. The minimum Gasteiger partial charge on any atom is -0.455 e. The average molecular weight is 731 g/mol. The molecule has 3 saturated heterocycles. The number of allylic oxidation sites excluding steroid dienone is 1. The van der Waals surface area contributed by atoms with Crippen molar-refractivity contribution in [2.45, 2.75) is 92.1 Å². The average Bonchev–Trinajstić information content (AvgIpc) is 3.68. The highest BCUT2D eigenvalue weighted by atomic mass is 79.9. The molecule has 2 bridgehead atoms. The number of likely N-dealkylation sites (tertiary alicyclic amines) is 1. The van der Waals surface area contributed by atoms with Gasteiger partial charge in [-0.15, -0.1) is 13.2 Å². The Morgan fingerprint density at radius 1 is 1.19 bits per heavy atom. The van der Waals surface area contributed by atoms with Crippen LogP contribution in [0.3, 0.4) is 0 Å². The molecule has 1 aromatic carbocycles. The number of hydrogen-bond donors (Lipinski definition) is 2. The van der Waals surface area contributed by atoms with Gasteiger partial charge in [-0.05, 0) is 31.2 Å². The van der Waals surface area contributed by atoms with E-state index < -0.39 is 53.6 Å². The first-order valence-corrected chi connectivity index (χ1v) is 17.9. The lowest BCUT2D eigenvalue weighted by molar-refractivity contribution is -0.163. The Balaban J connectivity index is 1.48. The zero-order chi connectivity index (χ0) is 34.4. The van der Waals surface area contributed by atoms with Gasteiger partial charge in [0.1, 0.15) is 17.7 Å². The number of halogens is 1. The predicted molar refractivity (Wildman–Crippen MR) is 182 cm³/mol. The summed E-state index contributed by atoms with van der Waals surface area (Å²) in [5.41, 5.74) is -0.640. The van der Waals surface area contributed by atoms with E-state index in [-0.39, 0.29) is 48.9 Å². The van der Waals surface area contributed by atoms with Crippen molar-refractivity contribution in [3.63, 3.8) is 0 Å². The van der Waals surface area contributed by atoms with Crippen molar-refractivity contribution in [2.75, 3.05) is 33.4 Å². The fraction of sp³-hybridized carbons (Fsp3) is 0.611. The summed E-state index contributed by atoms with van der Waals surface area (Å²) >= 11 is 3.72. The SMILES string of the molecule is C=CCCC(=O)N[C@H](COC)[C@H](OC(=O)[C@H]1[C@@H]2O[C@@]3(CC2Br)[C@@H]1C(=O)N(CCO)[C@@H]3C(=O)N(CC=C)C1CCCCC1)c1ccccc1. The smallest absolute Gasteiger partial charge is 0.313 e. The maximum absolute atomic E-state index is 14.6. The molecule has 1 spiro atoms. The standard InChI is InChI=1S/C36H48BrN3O8/c1-4-6-17-27(42)38-26(22-46-3)30(23-13-9-7-10-14-23)47-35(45)28-29-33(43)40(19-20-41)32(36(29)21-25(37)31(28)48-36)34(44)39(18-5-2)24-15-11-8-12-16-24/h4-5,7,9-10,13-14,24-26,28-32,41H,1-2,6,8,11-12,15-22H2,3H3,(H,38,42)/t25?,26-,28-,29+,30-,31-,32-,36+/m1/s1. The molecule has 4 aliphatic rings. The van der Waals surface area contributed by atoms with E-state index in [1.165, 1.54) is 12.0 Å². The summed E-state index contributed by atoms with van der Waals surface area (Å²) in [6.07, 6.45) is 7.61. The van der Waals surface area contributed by atoms with Crippen LogP contribution in [0.2, 0.25) is 0 Å². The van der Waals surface area contributed by atoms with Crippen LogP contribution in [0.25, 0.3) is 0 Å². The maximum Gasteiger partial charge on any atom is 0.313 e. The first kappa shape index (κ1) is 36.2. The summed E-state index contributed by atoms with van der Waals surface area (Å²) < 4.78 is 18.4. The van der Waals surface area contributed by atoms with Gasteiger partial charge in [0.25, 0.3) is 0 Å². The second kappa shape index (κ2) is 16.1. The van der Waals surface area contributed by atoms with Crippen molar-refractivity contribution in [2.24, 2.45) is 11.8 Å². The number of β-amino-alcohol motifs (C(OH)–C–C–N with tert-alkyl or cyclic N) is 1. The van der Waals surface area contributed by atoms with E-state index in [1.54, 1.807) is 24.3 Å². The lowest BCUT2D eigenvalue weighted by Gasteiger charge is -2.40. The van der Waals surface area contributed by atoms with Crippen molar-refractivity contribution in [3.8, 4) is 0 Å². The van der Waals surface area contributed by atoms with E-state index in [9.17, 15) is 24.3 Å². The Bertz CT molecular complexity index is 1340. The monoisotopic (exact) mass is 729 g/mol. The topological polar surface area (TPSA) is 135 Å². The van der Waals surface area contributed by atoms with Crippen LogP contribution in [0.1, 0.15) is 63.0 Å². The number of rotatable bonds is 16. The van der Waals surface area contributed by atoms with Gasteiger partial charge in [-0.25, -0.2) is 0 Å². The molecule has 0 aromatic heterocycles. The van der Waals surface area contributed by atoms with E-state index in [1.807, 2.05) is 23.1 Å². The molecule has 5 rings (SSSR count). The lowest BCUT2D eigenvalue weighted by Crippen LogP contribution is -2.59. The Morgan fingerprint density at radius 2 is 1.92 bits per heavy atom. The van der Waals surface area contributed by atoms with Crippen molar-refractivity contribution in [1.29, 1.82) is 0 Å². The number of methoxy groups -OCH3 is 1. The van der Waals surface area contributed by atoms with Crippen molar-refractivity contribution in [3.05, 3.63) is 61.2 Å². The van der Waals surface area contributed by atoms with Crippen LogP contribution < -0.4 is 5.32 Å². The number of amides is 3. The number of fused-ring (bicyclic) bond motifs is 1. The number of nitrogens with zero attached hydrogens (tertiary/aromatic N) is 2.